The molecule has 0 radical (unpaired) electrons. The highest BCUT2D eigenvalue weighted by atomic mass is 35.5. The molecular formula is C28H34ClN3O. The van der Waals surface area contributed by atoms with Gasteiger partial charge in [0.2, 0.25) is 0 Å². The van der Waals surface area contributed by atoms with E-state index in [1.807, 2.05) is 12.1 Å². The molecule has 3 fully saturated rings. The minimum atomic E-state index is 0.168. The number of hydrogen-bond donors (Lipinski definition) is 0. The Morgan fingerprint density at radius 3 is 2.33 bits per heavy atom. The number of rotatable bonds is 6. The Bertz CT molecular complexity index is 1080. The molecule has 5 heteroatoms. The van der Waals surface area contributed by atoms with E-state index in [9.17, 15) is 0 Å². The van der Waals surface area contributed by atoms with Crippen LogP contribution in [0.15, 0.2) is 48.5 Å². The zero-order chi connectivity index (χ0) is 22.2. The predicted molar refractivity (Wildman–Crippen MR) is 135 cm³/mol. The van der Waals surface area contributed by atoms with E-state index in [0.29, 0.717) is 12.1 Å². The average Bonchev–Trinajstić information content (AvgIpc) is 3.50. The molecule has 2 atom stereocenters. The van der Waals surface area contributed by atoms with Gasteiger partial charge in [-0.2, -0.15) is 5.10 Å². The van der Waals surface area contributed by atoms with Gasteiger partial charge < -0.3 is 9.64 Å². The number of halogens is 1. The van der Waals surface area contributed by atoms with Crippen molar-refractivity contribution in [3.05, 3.63) is 53.6 Å². The van der Waals surface area contributed by atoms with Crippen LogP contribution in [0.5, 0.6) is 0 Å². The first-order valence-corrected chi connectivity index (χ1v) is 13.3. The monoisotopic (exact) mass is 463 g/mol. The van der Waals surface area contributed by atoms with Gasteiger partial charge in [0.1, 0.15) is 11.9 Å². The van der Waals surface area contributed by atoms with Crippen molar-refractivity contribution in [1.82, 2.24) is 9.78 Å². The van der Waals surface area contributed by atoms with E-state index in [1.54, 1.807) is 0 Å². The van der Waals surface area contributed by atoms with Crippen LogP contribution in [-0.2, 0) is 4.74 Å². The van der Waals surface area contributed by atoms with Gasteiger partial charge in [0.05, 0.1) is 11.2 Å². The van der Waals surface area contributed by atoms with Crippen molar-refractivity contribution < 1.29 is 4.74 Å². The molecule has 1 saturated heterocycles. The van der Waals surface area contributed by atoms with Gasteiger partial charge in [-0.3, -0.25) is 0 Å². The van der Waals surface area contributed by atoms with Gasteiger partial charge in [-0.15, -0.1) is 0 Å². The molecule has 1 aliphatic heterocycles. The summed E-state index contributed by atoms with van der Waals surface area (Å²) in [7, 11) is 0. The van der Waals surface area contributed by atoms with E-state index < -0.39 is 0 Å². The smallest absolute Gasteiger partial charge is 0.158 e. The fourth-order valence-corrected chi connectivity index (χ4v) is 6.32. The lowest BCUT2D eigenvalue weighted by molar-refractivity contribution is 0.283. The number of ether oxygens (including phenoxy) is 1. The Labute approximate surface area is 201 Å². The van der Waals surface area contributed by atoms with Crippen molar-refractivity contribution >= 4 is 28.3 Å². The van der Waals surface area contributed by atoms with Crippen LogP contribution in [0.1, 0.15) is 70.6 Å². The van der Waals surface area contributed by atoms with Gasteiger partial charge in [-0.25, -0.2) is 4.68 Å². The third-order valence-corrected chi connectivity index (χ3v) is 8.21. The highest BCUT2D eigenvalue weighted by Gasteiger charge is 2.48. The molecule has 4 nitrogen and oxygen atoms in total. The molecule has 2 saturated carbocycles. The fraction of sp³-hybridized carbons (Fsp3) is 0.536. The molecule has 174 valence electrons. The number of nitrogens with zero attached hydrogens (tertiary/aromatic N) is 3. The maximum absolute atomic E-state index is 6.48. The Hall–Kier alpha value is -2.04. The number of fused-ring (bicyclic) bond motifs is 1. The van der Waals surface area contributed by atoms with E-state index in [0.717, 1.165) is 22.1 Å². The largest absolute Gasteiger partial charge is 0.348 e. The molecule has 3 aliphatic rings. The van der Waals surface area contributed by atoms with Crippen molar-refractivity contribution in [1.29, 1.82) is 0 Å². The molecule has 0 bridgehead atoms. The Morgan fingerprint density at radius 1 is 0.879 bits per heavy atom. The van der Waals surface area contributed by atoms with Gasteiger partial charge in [0.15, 0.2) is 6.23 Å². The lowest BCUT2D eigenvalue weighted by Crippen LogP contribution is -2.41. The molecule has 0 spiro atoms. The zero-order valence-electron chi connectivity index (χ0n) is 19.3. The topological polar surface area (TPSA) is 33.6 Å². The van der Waals surface area contributed by atoms with Gasteiger partial charge >= 0.3 is 0 Å². The predicted octanol–water partition coefficient (Wildman–Crippen LogP) is 7.51. The highest BCUT2D eigenvalue weighted by molar-refractivity contribution is 6.30. The number of aromatic nitrogens is 2. The van der Waals surface area contributed by atoms with Crippen LogP contribution >= 0.6 is 11.6 Å². The minimum absolute atomic E-state index is 0.168. The number of anilines is 1. The molecule has 2 unspecified atom stereocenters. The average molecular weight is 464 g/mol. The molecule has 0 N–H and O–H groups in total. The Morgan fingerprint density at radius 2 is 1.58 bits per heavy atom. The first-order valence-electron chi connectivity index (χ1n) is 13.0. The van der Waals surface area contributed by atoms with Crippen LogP contribution in [-0.4, -0.2) is 28.2 Å². The van der Waals surface area contributed by atoms with E-state index in [4.69, 9.17) is 21.4 Å². The van der Waals surface area contributed by atoms with Gasteiger partial charge in [0.25, 0.3) is 0 Å². The summed E-state index contributed by atoms with van der Waals surface area (Å²) in [5, 5.41) is 7.02. The third-order valence-electron chi connectivity index (χ3n) is 7.96. The molecule has 6 rings (SSSR count). The Balaban J connectivity index is 1.39. The Kier molecular flexibility index (Phi) is 6.06. The highest BCUT2D eigenvalue weighted by Crippen LogP contribution is 2.44. The minimum Gasteiger partial charge on any atom is -0.348 e. The molecule has 2 aliphatic carbocycles. The number of benzene rings is 2. The van der Waals surface area contributed by atoms with Crippen LogP contribution < -0.4 is 4.90 Å². The van der Waals surface area contributed by atoms with Crippen LogP contribution in [0, 0.1) is 5.92 Å². The van der Waals surface area contributed by atoms with Crippen LogP contribution in [0.25, 0.3) is 16.6 Å². The molecule has 1 aromatic heterocycles. The zero-order valence-corrected chi connectivity index (χ0v) is 20.1. The van der Waals surface area contributed by atoms with Crippen molar-refractivity contribution in [3.8, 4) is 5.69 Å². The normalized spacial score (nSPS) is 24.3. The summed E-state index contributed by atoms with van der Waals surface area (Å²) in [4.78, 5) is 2.62. The molecule has 2 aromatic carbocycles. The standard InChI is InChI=1S/C28H34ClN3O/c29-21-15-17-23(18-16-21)32-27(24-13-7-8-14-25(24)30-32)31(22-11-5-2-6-12-22)28-26(33-28)19-20-9-3-1-4-10-20/h7-8,13-18,20,22,26,28H,1-6,9-12,19H2. The second-order valence-corrected chi connectivity index (χ2v) is 10.7. The van der Waals surface area contributed by atoms with Crippen molar-refractivity contribution in [2.75, 3.05) is 4.90 Å². The summed E-state index contributed by atoms with van der Waals surface area (Å²) in [5.74, 6) is 2.02. The van der Waals surface area contributed by atoms with E-state index in [-0.39, 0.29) is 6.23 Å². The van der Waals surface area contributed by atoms with Gasteiger partial charge in [0, 0.05) is 16.5 Å². The lowest BCUT2D eigenvalue weighted by atomic mass is 9.86. The van der Waals surface area contributed by atoms with Gasteiger partial charge in [-0.05, 0) is 61.6 Å². The maximum Gasteiger partial charge on any atom is 0.158 e. The van der Waals surface area contributed by atoms with Crippen molar-refractivity contribution in [3.63, 3.8) is 0 Å². The molecule has 3 aromatic rings. The quantitative estimate of drug-likeness (QED) is 0.354. The third kappa shape index (κ3) is 4.40. The fourth-order valence-electron chi connectivity index (χ4n) is 6.19. The second kappa shape index (κ2) is 9.31. The first-order chi connectivity index (χ1) is 16.3. The summed E-state index contributed by atoms with van der Waals surface area (Å²) >= 11 is 6.21. The SMILES string of the molecule is Clc1ccc(-n2nc3ccccc3c2N(C2CCCCC2)C2OC2CC2CCCCC2)cc1. The van der Waals surface area contributed by atoms with Gasteiger partial charge in [-0.1, -0.05) is 75.1 Å². The molecular weight excluding hydrogens is 430 g/mol. The number of hydrogen-bond acceptors (Lipinski definition) is 3. The van der Waals surface area contributed by atoms with E-state index >= 15 is 0 Å². The van der Waals surface area contributed by atoms with Crippen LogP contribution in [0.3, 0.4) is 0 Å². The van der Waals surface area contributed by atoms with Crippen molar-refractivity contribution in [2.24, 2.45) is 5.92 Å². The maximum atomic E-state index is 6.48. The van der Waals surface area contributed by atoms with E-state index in [2.05, 4.69) is 46.0 Å². The number of epoxide rings is 1. The lowest BCUT2D eigenvalue weighted by Gasteiger charge is -2.35. The molecule has 33 heavy (non-hydrogen) atoms. The van der Waals surface area contributed by atoms with Crippen LogP contribution in [0.2, 0.25) is 5.02 Å². The summed E-state index contributed by atoms with van der Waals surface area (Å²) in [6.07, 6.45) is 15.1. The summed E-state index contributed by atoms with van der Waals surface area (Å²) in [6, 6.07) is 17.1. The van der Waals surface area contributed by atoms with Crippen molar-refractivity contribution in [2.45, 2.75) is 89.0 Å². The van der Waals surface area contributed by atoms with E-state index in [1.165, 1.54) is 81.8 Å². The first kappa shape index (κ1) is 21.5. The summed E-state index contributed by atoms with van der Waals surface area (Å²) in [6.45, 7) is 0. The molecule has 2 heterocycles. The second-order valence-electron chi connectivity index (χ2n) is 10.2. The summed E-state index contributed by atoms with van der Waals surface area (Å²) in [5.41, 5.74) is 2.09. The summed E-state index contributed by atoms with van der Waals surface area (Å²) < 4.78 is 8.62. The molecule has 0 amide bonds. The van der Waals surface area contributed by atoms with Crippen LogP contribution in [0.4, 0.5) is 5.82 Å².